The van der Waals surface area contributed by atoms with Crippen molar-refractivity contribution in [3.05, 3.63) is 0 Å². The van der Waals surface area contributed by atoms with Crippen LogP contribution in [0.25, 0.3) is 0 Å². The van der Waals surface area contributed by atoms with Crippen molar-refractivity contribution in [1.29, 1.82) is 0 Å². The van der Waals surface area contributed by atoms with E-state index in [1.54, 1.807) is 7.05 Å². The average molecular weight is 274 g/mol. The van der Waals surface area contributed by atoms with Gasteiger partial charge in [-0.1, -0.05) is 20.8 Å². The maximum absolute atomic E-state index is 11.9. The van der Waals surface area contributed by atoms with Crippen molar-refractivity contribution in [2.75, 3.05) is 20.2 Å². The number of amides is 2. The fourth-order valence-corrected chi connectivity index (χ4v) is 1.82. The molecule has 6 heteroatoms. The number of aliphatic hydroxyl groups is 1. The molecule has 19 heavy (non-hydrogen) atoms. The lowest BCUT2D eigenvalue weighted by Crippen LogP contribution is -2.45. The van der Waals surface area contributed by atoms with Gasteiger partial charge < -0.3 is 20.4 Å². The fourth-order valence-electron chi connectivity index (χ4n) is 1.82. The lowest BCUT2D eigenvalue weighted by Gasteiger charge is -2.28. The van der Waals surface area contributed by atoms with Crippen LogP contribution in [0, 0.1) is 5.41 Å². The molecule has 0 aromatic heterocycles. The van der Waals surface area contributed by atoms with E-state index in [4.69, 9.17) is 10.2 Å². The summed E-state index contributed by atoms with van der Waals surface area (Å²) in [5, 5.41) is 20.3. The molecule has 0 heterocycles. The number of nitrogens with one attached hydrogen (secondary N) is 1. The van der Waals surface area contributed by atoms with Crippen LogP contribution in [0.4, 0.5) is 4.79 Å². The highest BCUT2D eigenvalue weighted by molar-refractivity contribution is 5.75. The van der Waals surface area contributed by atoms with Crippen LogP contribution in [0.1, 0.15) is 40.0 Å². The zero-order valence-electron chi connectivity index (χ0n) is 12.3. The van der Waals surface area contributed by atoms with Crippen LogP contribution in [0.15, 0.2) is 0 Å². The zero-order valence-corrected chi connectivity index (χ0v) is 12.3. The molecule has 0 aliphatic carbocycles. The summed E-state index contributed by atoms with van der Waals surface area (Å²) < 4.78 is 0. The molecule has 0 aliphatic heterocycles. The first-order valence-electron chi connectivity index (χ1n) is 6.50. The number of aliphatic hydroxyl groups excluding tert-OH is 1. The maximum atomic E-state index is 11.9. The van der Waals surface area contributed by atoms with E-state index in [0.717, 1.165) is 0 Å². The third-order valence-electron chi connectivity index (χ3n) is 2.61. The molecule has 0 aromatic rings. The van der Waals surface area contributed by atoms with Gasteiger partial charge in [0.25, 0.3) is 0 Å². The third kappa shape index (κ3) is 9.30. The Hall–Kier alpha value is -1.30. The van der Waals surface area contributed by atoms with E-state index < -0.39 is 5.97 Å². The van der Waals surface area contributed by atoms with Gasteiger partial charge in [0.2, 0.25) is 0 Å². The van der Waals surface area contributed by atoms with Crippen molar-refractivity contribution >= 4 is 12.0 Å². The number of hydrogen-bond donors (Lipinski definition) is 3. The van der Waals surface area contributed by atoms with Gasteiger partial charge in [0, 0.05) is 26.2 Å². The highest BCUT2D eigenvalue weighted by atomic mass is 16.4. The van der Waals surface area contributed by atoms with Crippen LogP contribution in [-0.4, -0.2) is 53.4 Å². The maximum Gasteiger partial charge on any atom is 0.317 e. The summed E-state index contributed by atoms with van der Waals surface area (Å²) in [4.78, 5) is 24.1. The Labute approximate surface area is 114 Å². The molecule has 0 bridgehead atoms. The normalized spacial score (nSPS) is 12.9. The number of carbonyl (C=O) groups is 2. The lowest BCUT2D eigenvalue weighted by atomic mass is 9.87. The average Bonchev–Trinajstić information content (AvgIpc) is 2.22. The lowest BCUT2D eigenvalue weighted by molar-refractivity contribution is -0.137. The molecule has 1 unspecified atom stereocenters. The van der Waals surface area contributed by atoms with Crippen LogP contribution in [-0.2, 0) is 4.79 Å². The van der Waals surface area contributed by atoms with E-state index in [1.165, 1.54) is 4.90 Å². The summed E-state index contributed by atoms with van der Waals surface area (Å²) in [5.41, 5.74) is -0.0585. The summed E-state index contributed by atoms with van der Waals surface area (Å²) in [6, 6.07) is -0.689. The molecule has 6 nitrogen and oxygen atoms in total. The predicted molar refractivity (Wildman–Crippen MR) is 73.0 cm³/mol. The van der Waals surface area contributed by atoms with E-state index in [0.29, 0.717) is 19.4 Å². The van der Waals surface area contributed by atoms with Crippen LogP contribution >= 0.6 is 0 Å². The minimum Gasteiger partial charge on any atom is -0.481 e. The number of hydrogen-bond acceptors (Lipinski definition) is 3. The van der Waals surface area contributed by atoms with Crippen molar-refractivity contribution in [1.82, 2.24) is 10.2 Å². The van der Waals surface area contributed by atoms with Gasteiger partial charge in [-0.25, -0.2) is 4.79 Å². The topological polar surface area (TPSA) is 89.9 Å². The Bertz CT molecular complexity index is 300. The Morgan fingerprint density at radius 1 is 1.32 bits per heavy atom. The third-order valence-corrected chi connectivity index (χ3v) is 2.61. The second-order valence-electron chi connectivity index (χ2n) is 6.01. The smallest absolute Gasteiger partial charge is 0.317 e. The first kappa shape index (κ1) is 17.7. The van der Waals surface area contributed by atoms with Crippen LogP contribution in [0.2, 0.25) is 0 Å². The number of aliphatic carboxylic acids is 1. The van der Waals surface area contributed by atoms with E-state index in [2.05, 4.69) is 5.32 Å². The minimum absolute atomic E-state index is 0.0260. The summed E-state index contributed by atoms with van der Waals surface area (Å²) in [5.74, 6) is -0.924. The van der Waals surface area contributed by atoms with Gasteiger partial charge in [0.05, 0.1) is 6.42 Å². The Morgan fingerprint density at radius 2 is 1.89 bits per heavy atom. The van der Waals surface area contributed by atoms with Gasteiger partial charge in [-0.2, -0.15) is 0 Å². The first-order chi connectivity index (χ1) is 8.65. The number of nitrogens with zero attached hydrogens (tertiary/aromatic N) is 1. The Kier molecular flexibility index (Phi) is 7.44. The summed E-state index contributed by atoms with van der Waals surface area (Å²) in [7, 11) is 1.62. The van der Waals surface area contributed by atoms with Crippen molar-refractivity contribution in [3.63, 3.8) is 0 Å². The molecule has 0 saturated heterocycles. The van der Waals surface area contributed by atoms with Gasteiger partial charge in [-0.15, -0.1) is 0 Å². The number of carbonyl (C=O) groups excluding carboxylic acids is 1. The molecule has 0 aliphatic rings. The minimum atomic E-state index is -0.924. The molecule has 0 aromatic carbocycles. The number of rotatable bonds is 7. The number of carboxylic acid groups (broad SMARTS) is 1. The molecule has 112 valence electrons. The van der Waals surface area contributed by atoms with Gasteiger partial charge in [0.1, 0.15) is 0 Å². The zero-order chi connectivity index (χ0) is 15.1. The Balaban J connectivity index is 4.45. The van der Waals surface area contributed by atoms with Gasteiger partial charge in [0.15, 0.2) is 0 Å². The second-order valence-corrected chi connectivity index (χ2v) is 6.01. The van der Waals surface area contributed by atoms with E-state index >= 15 is 0 Å². The van der Waals surface area contributed by atoms with Crippen LogP contribution in [0.3, 0.4) is 0 Å². The Morgan fingerprint density at radius 3 is 2.32 bits per heavy atom. The van der Waals surface area contributed by atoms with E-state index in [-0.39, 0.29) is 30.5 Å². The van der Waals surface area contributed by atoms with Crippen molar-refractivity contribution < 1.29 is 19.8 Å². The molecular weight excluding hydrogens is 248 g/mol. The second kappa shape index (κ2) is 7.99. The summed E-state index contributed by atoms with van der Waals surface area (Å²) in [6.07, 6.45) is 1.02. The molecule has 0 spiro atoms. The standard InChI is InChI=1S/C13H26N2O4/c1-13(2,3)9-10(8-11(17)18)14-12(19)15(4)6-5-7-16/h10,16H,5-9H2,1-4H3,(H,14,19)(H,17,18). The molecule has 0 fully saturated rings. The highest BCUT2D eigenvalue weighted by Crippen LogP contribution is 2.22. The fraction of sp³-hybridized carbons (Fsp3) is 0.846. The van der Waals surface area contributed by atoms with Gasteiger partial charge in [-0.3, -0.25) is 4.79 Å². The van der Waals surface area contributed by atoms with Crippen molar-refractivity contribution in [3.8, 4) is 0 Å². The number of urea groups is 1. The van der Waals surface area contributed by atoms with Crippen LogP contribution < -0.4 is 5.32 Å². The molecule has 3 N–H and O–H groups in total. The van der Waals surface area contributed by atoms with Crippen molar-refractivity contribution in [2.45, 2.75) is 46.1 Å². The van der Waals surface area contributed by atoms with E-state index in [9.17, 15) is 9.59 Å². The SMILES string of the molecule is CN(CCCO)C(=O)NC(CC(=O)O)CC(C)(C)C. The molecule has 0 radical (unpaired) electrons. The molecule has 2 amide bonds. The highest BCUT2D eigenvalue weighted by Gasteiger charge is 2.23. The summed E-state index contributed by atoms with van der Waals surface area (Å²) in [6.45, 7) is 6.48. The van der Waals surface area contributed by atoms with Gasteiger partial charge in [-0.05, 0) is 18.3 Å². The molecular formula is C13H26N2O4. The monoisotopic (exact) mass is 274 g/mol. The predicted octanol–water partition coefficient (Wildman–Crippen LogP) is 1.29. The quantitative estimate of drug-likeness (QED) is 0.652. The largest absolute Gasteiger partial charge is 0.481 e. The first-order valence-corrected chi connectivity index (χ1v) is 6.50. The summed E-state index contributed by atoms with van der Waals surface area (Å²) >= 11 is 0. The molecule has 0 rings (SSSR count). The van der Waals surface area contributed by atoms with Gasteiger partial charge >= 0.3 is 12.0 Å². The molecule has 0 saturated carbocycles. The number of carboxylic acids is 1. The van der Waals surface area contributed by atoms with Crippen molar-refractivity contribution in [2.24, 2.45) is 5.41 Å². The molecule has 1 atom stereocenters. The van der Waals surface area contributed by atoms with E-state index in [1.807, 2.05) is 20.8 Å². The van der Waals surface area contributed by atoms with Crippen LogP contribution in [0.5, 0.6) is 0 Å².